The van der Waals surface area contributed by atoms with E-state index in [4.69, 9.17) is 9.47 Å². The lowest BCUT2D eigenvalue weighted by molar-refractivity contribution is -0.385. The summed E-state index contributed by atoms with van der Waals surface area (Å²) >= 11 is 0. The maximum absolute atomic E-state index is 12.8. The van der Waals surface area contributed by atoms with Gasteiger partial charge in [0.1, 0.15) is 18.8 Å². The molecule has 1 aliphatic rings. The Morgan fingerprint density at radius 3 is 2.55 bits per heavy atom. The number of benzene rings is 2. The highest BCUT2D eigenvalue weighted by molar-refractivity contribution is 6.07. The van der Waals surface area contributed by atoms with Crippen LogP contribution in [0.15, 0.2) is 30.3 Å². The number of amides is 1. The van der Waals surface area contributed by atoms with Gasteiger partial charge in [0.15, 0.2) is 17.3 Å². The van der Waals surface area contributed by atoms with E-state index in [0.717, 1.165) is 5.56 Å². The Kier molecular flexibility index (Phi) is 4.55. The molecule has 29 heavy (non-hydrogen) atoms. The molecule has 1 aliphatic heterocycles. The van der Waals surface area contributed by atoms with Crippen molar-refractivity contribution in [3.8, 4) is 17.2 Å². The van der Waals surface area contributed by atoms with Gasteiger partial charge in [0, 0.05) is 11.8 Å². The summed E-state index contributed by atoms with van der Waals surface area (Å²) in [7, 11) is 0. The highest BCUT2D eigenvalue weighted by Gasteiger charge is 2.26. The number of nitro groups is 1. The Morgan fingerprint density at radius 2 is 1.90 bits per heavy atom. The lowest BCUT2D eigenvalue weighted by atomic mass is 10.1. The van der Waals surface area contributed by atoms with Crippen molar-refractivity contribution in [1.29, 1.82) is 0 Å². The van der Waals surface area contributed by atoms with Crippen LogP contribution < -0.4 is 14.8 Å². The predicted molar refractivity (Wildman–Crippen MR) is 101 cm³/mol. The van der Waals surface area contributed by atoms with Crippen LogP contribution in [0.2, 0.25) is 0 Å². The highest BCUT2D eigenvalue weighted by atomic mass is 16.6. The number of nitrogens with zero attached hydrogens (tertiary/aromatic N) is 5. The Labute approximate surface area is 164 Å². The van der Waals surface area contributed by atoms with Crippen LogP contribution in [-0.2, 0) is 0 Å². The molecule has 0 radical (unpaired) electrons. The van der Waals surface area contributed by atoms with Gasteiger partial charge < -0.3 is 14.8 Å². The van der Waals surface area contributed by atoms with Gasteiger partial charge in [-0.25, -0.2) is 0 Å². The van der Waals surface area contributed by atoms with Crippen LogP contribution in [0.25, 0.3) is 5.69 Å². The molecule has 0 spiro atoms. The maximum Gasteiger partial charge on any atom is 0.286 e. The average molecular weight is 396 g/mol. The van der Waals surface area contributed by atoms with Crippen molar-refractivity contribution in [2.75, 3.05) is 18.5 Å². The minimum Gasteiger partial charge on any atom is -0.486 e. The van der Waals surface area contributed by atoms with Gasteiger partial charge >= 0.3 is 0 Å². The number of nitro benzene ring substituents is 1. The molecule has 11 heteroatoms. The smallest absolute Gasteiger partial charge is 0.286 e. The minimum absolute atomic E-state index is 0.125. The number of fused-ring (bicyclic) bond motifs is 1. The number of carbonyl (C=O) groups is 1. The second kappa shape index (κ2) is 7.19. The monoisotopic (exact) mass is 396 g/mol. The van der Waals surface area contributed by atoms with Crippen molar-refractivity contribution in [2.24, 2.45) is 0 Å². The molecule has 2 heterocycles. The van der Waals surface area contributed by atoms with Crippen LogP contribution in [0.4, 0.5) is 11.4 Å². The molecule has 0 saturated carbocycles. The van der Waals surface area contributed by atoms with E-state index < -0.39 is 10.8 Å². The van der Waals surface area contributed by atoms with Crippen LogP contribution in [0, 0.1) is 24.0 Å². The topological polar surface area (TPSA) is 134 Å². The Balaban J connectivity index is 1.68. The number of rotatable bonds is 4. The van der Waals surface area contributed by atoms with Gasteiger partial charge in [-0.1, -0.05) is 6.07 Å². The molecule has 4 rings (SSSR count). The zero-order valence-corrected chi connectivity index (χ0v) is 15.6. The number of ether oxygens (including phenoxy) is 2. The van der Waals surface area contributed by atoms with Gasteiger partial charge in [-0.2, -0.15) is 4.68 Å². The van der Waals surface area contributed by atoms with Crippen LogP contribution in [0.3, 0.4) is 0 Å². The van der Waals surface area contributed by atoms with E-state index in [1.165, 1.54) is 16.8 Å². The molecule has 0 saturated heterocycles. The van der Waals surface area contributed by atoms with E-state index in [1.54, 1.807) is 25.1 Å². The molecule has 11 nitrogen and oxygen atoms in total. The number of aryl methyl sites for hydroxylation is 2. The summed E-state index contributed by atoms with van der Waals surface area (Å²) in [5.41, 5.74) is 1.52. The second-order valence-corrected chi connectivity index (χ2v) is 6.36. The van der Waals surface area contributed by atoms with Crippen molar-refractivity contribution < 1.29 is 19.2 Å². The first-order valence-electron chi connectivity index (χ1n) is 8.69. The van der Waals surface area contributed by atoms with Crippen LogP contribution in [0.1, 0.15) is 21.7 Å². The quantitative estimate of drug-likeness (QED) is 0.524. The van der Waals surface area contributed by atoms with Crippen molar-refractivity contribution >= 4 is 17.3 Å². The largest absolute Gasteiger partial charge is 0.486 e. The van der Waals surface area contributed by atoms with E-state index >= 15 is 0 Å². The number of tetrazole rings is 1. The molecule has 2 aromatic carbocycles. The number of carbonyl (C=O) groups excluding carboxylic acids is 1. The first-order valence-corrected chi connectivity index (χ1v) is 8.69. The van der Waals surface area contributed by atoms with E-state index in [9.17, 15) is 14.9 Å². The number of hydrogen-bond donors (Lipinski definition) is 1. The zero-order chi connectivity index (χ0) is 20.5. The summed E-state index contributed by atoms with van der Waals surface area (Å²) in [6.45, 7) is 4.23. The first-order chi connectivity index (χ1) is 13.9. The lowest BCUT2D eigenvalue weighted by Crippen LogP contribution is -2.18. The molecule has 0 unspecified atom stereocenters. The molecule has 3 aromatic rings. The normalized spacial score (nSPS) is 12.5. The van der Waals surface area contributed by atoms with Gasteiger partial charge in [0.25, 0.3) is 11.6 Å². The van der Waals surface area contributed by atoms with Gasteiger partial charge in [-0.3, -0.25) is 14.9 Å². The van der Waals surface area contributed by atoms with Crippen LogP contribution in [0.5, 0.6) is 11.5 Å². The third-order valence-corrected chi connectivity index (χ3v) is 4.42. The molecule has 0 bridgehead atoms. The zero-order valence-electron chi connectivity index (χ0n) is 15.6. The molecule has 148 valence electrons. The lowest BCUT2D eigenvalue weighted by Gasteiger charge is -2.19. The van der Waals surface area contributed by atoms with Gasteiger partial charge in [0.2, 0.25) is 0 Å². The third-order valence-electron chi connectivity index (χ3n) is 4.42. The molecular weight excluding hydrogens is 380 g/mol. The standard InChI is InChI=1S/C18H16N6O5/c1-10-3-4-12(7-14(10)23-11(2)20-21-22-23)19-18(25)13-8-16-17(29-6-5-28-16)9-15(13)24(26)27/h3-4,7-9H,5-6H2,1-2H3,(H,19,25). The number of nitrogens with one attached hydrogen (secondary N) is 1. The van der Waals surface area contributed by atoms with E-state index in [1.807, 2.05) is 6.92 Å². The van der Waals surface area contributed by atoms with Crippen LogP contribution >= 0.6 is 0 Å². The van der Waals surface area contributed by atoms with E-state index in [2.05, 4.69) is 20.8 Å². The average Bonchev–Trinajstić information content (AvgIpc) is 3.14. The highest BCUT2D eigenvalue weighted by Crippen LogP contribution is 2.37. The maximum atomic E-state index is 12.8. The fraction of sp³-hybridized carbons (Fsp3) is 0.222. The SMILES string of the molecule is Cc1ccc(NC(=O)c2cc3c(cc2[N+](=O)[O-])OCCO3)cc1-n1nnnc1C. The number of aromatic nitrogens is 4. The Hall–Kier alpha value is -4.02. The number of hydrogen-bond acceptors (Lipinski definition) is 8. The summed E-state index contributed by atoms with van der Waals surface area (Å²) in [6.07, 6.45) is 0. The molecule has 1 aromatic heterocycles. The fourth-order valence-electron chi connectivity index (χ4n) is 2.98. The van der Waals surface area contributed by atoms with Crippen molar-refractivity contribution in [2.45, 2.75) is 13.8 Å². The Morgan fingerprint density at radius 1 is 1.17 bits per heavy atom. The van der Waals surface area contributed by atoms with Crippen molar-refractivity contribution in [3.63, 3.8) is 0 Å². The summed E-state index contributed by atoms with van der Waals surface area (Å²) in [4.78, 5) is 23.6. The molecule has 0 aliphatic carbocycles. The van der Waals surface area contributed by atoms with Gasteiger partial charge in [0.05, 0.1) is 16.7 Å². The number of anilines is 1. The first kappa shape index (κ1) is 18.3. The molecule has 1 N–H and O–H groups in total. The molecule has 0 atom stereocenters. The van der Waals surface area contributed by atoms with Crippen molar-refractivity contribution in [1.82, 2.24) is 20.2 Å². The summed E-state index contributed by atoms with van der Waals surface area (Å²) < 4.78 is 12.3. The molecule has 1 amide bonds. The molecular formula is C18H16N6O5. The summed E-state index contributed by atoms with van der Waals surface area (Å²) in [5.74, 6) is 0.475. The second-order valence-electron chi connectivity index (χ2n) is 6.36. The van der Waals surface area contributed by atoms with Crippen molar-refractivity contribution in [3.05, 3.63) is 57.4 Å². The Bertz CT molecular complexity index is 1130. The summed E-state index contributed by atoms with van der Waals surface area (Å²) in [5, 5.41) is 25.6. The third kappa shape index (κ3) is 3.45. The summed E-state index contributed by atoms with van der Waals surface area (Å²) in [6, 6.07) is 7.71. The van der Waals surface area contributed by atoms with E-state index in [0.29, 0.717) is 36.2 Å². The van der Waals surface area contributed by atoms with Crippen LogP contribution in [-0.4, -0.2) is 44.3 Å². The predicted octanol–water partition coefficient (Wildman–Crippen LogP) is 2.21. The fourth-order valence-corrected chi connectivity index (χ4v) is 2.98. The van der Waals surface area contributed by atoms with Gasteiger partial charge in [-0.15, -0.1) is 5.10 Å². The minimum atomic E-state index is -0.642. The van der Waals surface area contributed by atoms with Gasteiger partial charge in [-0.05, 0) is 42.0 Å². The van der Waals surface area contributed by atoms with E-state index in [-0.39, 0.29) is 17.0 Å². The molecule has 0 fully saturated rings.